The fourth-order valence-electron chi connectivity index (χ4n) is 4.16. The minimum atomic E-state index is -1.79. The van der Waals surface area contributed by atoms with Crippen molar-refractivity contribution in [2.24, 2.45) is 7.05 Å². The van der Waals surface area contributed by atoms with Crippen LogP contribution in [0.15, 0.2) is 24.3 Å². The van der Waals surface area contributed by atoms with Crippen molar-refractivity contribution in [2.45, 2.75) is 58.2 Å². The highest BCUT2D eigenvalue weighted by Crippen LogP contribution is 2.40. The van der Waals surface area contributed by atoms with E-state index < -0.39 is 8.07 Å². The van der Waals surface area contributed by atoms with E-state index in [0.29, 0.717) is 16.6 Å². The molecule has 1 heterocycles. The Morgan fingerprint density at radius 2 is 1.60 bits per heavy atom. The van der Waals surface area contributed by atoms with Crippen LogP contribution in [0.3, 0.4) is 0 Å². The molecule has 2 aromatic rings. The van der Waals surface area contributed by atoms with Crippen LogP contribution in [0, 0.1) is 21.6 Å². The summed E-state index contributed by atoms with van der Waals surface area (Å²) in [5.74, 6) is 3.44. The van der Waals surface area contributed by atoms with Gasteiger partial charge in [-0.15, -0.1) is 5.54 Å². The average Bonchev–Trinajstić information content (AvgIpc) is 2.82. The van der Waals surface area contributed by atoms with Crippen molar-refractivity contribution in [3.63, 3.8) is 0 Å². The highest BCUT2D eigenvalue weighted by Gasteiger charge is 2.41. The molecule has 0 aliphatic rings. The van der Waals surface area contributed by atoms with E-state index in [9.17, 15) is 10.1 Å². The first-order valence-electron chi connectivity index (χ1n) is 8.88. The molecule has 2 rings (SSSR count). The first kappa shape index (κ1) is 19.3. The number of hydrogen-bond acceptors (Lipinski definition) is 2. The van der Waals surface area contributed by atoms with E-state index in [-0.39, 0.29) is 10.6 Å². The van der Waals surface area contributed by atoms with Crippen molar-refractivity contribution in [1.29, 1.82) is 0 Å². The number of hydrogen-bond donors (Lipinski definition) is 0. The van der Waals surface area contributed by atoms with Gasteiger partial charge >= 0.3 is 0 Å². The molecule has 1 aromatic carbocycles. The van der Waals surface area contributed by atoms with Gasteiger partial charge in [0.15, 0.2) is 0 Å². The molecule has 0 aliphatic carbocycles. The SMILES string of the molecule is CC(C)[Si](C#Cc1cc2ccc([N+](=O)[O-])cc2n1C)(C(C)C)C(C)C. The lowest BCUT2D eigenvalue weighted by atomic mass is 10.2. The highest BCUT2D eigenvalue weighted by molar-refractivity contribution is 6.90. The van der Waals surface area contributed by atoms with E-state index in [2.05, 4.69) is 53.0 Å². The number of nitrogens with zero attached hydrogens (tertiary/aromatic N) is 2. The molecule has 0 saturated carbocycles. The Bertz CT molecular complexity index is 832. The van der Waals surface area contributed by atoms with Crippen LogP contribution in [0.1, 0.15) is 47.2 Å². The normalized spacial score (nSPS) is 12.1. The van der Waals surface area contributed by atoms with Gasteiger partial charge in [0.2, 0.25) is 0 Å². The van der Waals surface area contributed by atoms with E-state index in [1.807, 2.05) is 17.7 Å². The zero-order valence-corrected chi connectivity index (χ0v) is 17.3. The molecule has 4 nitrogen and oxygen atoms in total. The molecule has 25 heavy (non-hydrogen) atoms. The minimum absolute atomic E-state index is 0.114. The van der Waals surface area contributed by atoms with Gasteiger partial charge in [0.1, 0.15) is 8.07 Å². The summed E-state index contributed by atoms with van der Waals surface area (Å²) in [6.07, 6.45) is 0. The molecule has 0 aliphatic heterocycles. The lowest BCUT2D eigenvalue weighted by Crippen LogP contribution is -2.43. The first-order valence-corrected chi connectivity index (χ1v) is 11.1. The van der Waals surface area contributed by atoms with Crippen LogP contribution < -0.4 is 0 Å². The Balaban J connectivity index is 2.59. The average molecular weight is 357 g/mol. The molecule has 134 valence electrons. The van der Waals surface area contributed by atoms with Crippen LogP contribution in [0.5, 0.6) is 0 Å². The van der Waals surface area contributed by atoms with Gasteiger partial charge in [-0.2, -0.15) is 0 Å². The Morgan fingerprint density at radius 1 is 1.04 bits per heavy atom. The molecule has 0 radical (unpaired) electrons. The predicted octanol–water partition coefficient (Wildman–Crippen LogP) is 5.66. The molecule has 0 N–H and O–H groups in total. The number of rotatable bonds is 4. The molecular formula is C20H28N2O2Si. The van der Waals surface area contributed by atoms with Crippen molar-refractivity contribution in [3.05, 3.63) is 40.1 Å². The van der Waals surface area contributed by atoms with Crippen molar-refractivity contribution < 1.29 is 4.92 Å². The molecule has 5 heteroatoms. The summed E-state index contributed by atoms with van der Waals surface area (Å²) in [4.78, 5) is 10.7. The predicted molar refractivity (Wildman–Crippen MR) is 107 cm³/mol. The zero-order valence-electron chi connectivity index (χ0n) is 16.3. The quantitative estimate of drug-likeness (QED) is 0.307. The van der Waals surface area contributed by atoms with Crippen LogP contribution in [-0.2, 0) is 7.05 Å². The molecule has 0 bridgehead atoms. The van der Waals surface area contributed by atoms with E-state index in [4.69, 9.17) is 0 Å². The van der Waals surface area contributed by atoms with Gasteiger partial charge in [-0.25, -0.2) is 0 Å². The second-order valence-electron chi connectivity index (χ2n) is 7.74. The van der Waals surface area contributed by atoms with Crippen molar-refractivity contribution in [1.82, 2.24) is 4.57 Å². The number of nitro benzene ring substituents is 1. The van der Waals surface area contributed by atoms with Gasteiger partial charge in [0.25, 0.3) is 5.69 Å². The highest BCUT2D eigenvalue weighted by atomic mass is 28.3. The Kier molecular flexibility index (Phi) is 5.43. The lowest BCUT2D eigenvalue weighted by Gasteiger charge is -2.38. The lowest BCUT2D eigenvalue weighted by molar-refractivity contribution is -0.384. The van der Waals surface area contributed by atoms with E-state index in [0.717, 1.165) is 16.6 Å². The van der Waals surface area contributed by atoms with E-state index >= 15 is 0 Å². The van der Waals surface area contributed by atoms with Crippen LogP contribution in [0.25, 0.3) is 10.9 Å². The summed E-state index contributed by atoms with van der Waals surface area (Å²) in [6.45, 7) is 13.8. The molecule has 1 aromatic heterocycles. The molecule has 0 fully saturated rings. The van der Waals surface area contributed by atoms with Crippen LogP contribution >= 0.6 is 0 Å². The molecule has 0 spiro atoms. The second kappa shape index (κ2) is 7.05. The van der Waals surface area contributed by atoms with Gasteiger partial charge in [-0.3, -0.25) is 10.1 Å². The first-order chi connectivity index (χ1) is 11.6. The van der Waals surface area contributed by atoms with E-state index in [1.165, 1.54) is 0 Å². The summed E-state index contributed by atoms with van der Waals surface area (Å²) in [5.41, 5.74) is 7.35. The smallest absolute Gasteiger partial charge is 0.271 e. The van der Waals surface area contributed by atoms with Gasteiger partial charge in [0.05, 0.1) is 16.1 Å². The largest absolute Gasteiger partial charge is 0.337 e. The third-order valence-electron chi connectivity index (χ3n) is 5.51. The fourth-order valence-corrected chi connectivity index (χ4v) is 9.37. The van der Waals surface area contributed by atoms with Gasteiger partial charge in [-0.05, 0) is 28.8 Å². The third-order valence-corrected chi connectivity index (χ3v) is 11.8. The van der Waals surface area contributed by atoms with Crippen LogP contribution in [0.4, 0.5) is 5.69 Å². The van der Waals surface area contributed by atoms with Gasteiger partial charge in [0, 0.05) is 24.6 Å². The Labute approximate surface area is 151 Å². The van der Waals surface area contributed by atoms with Gasteiger partial charge in [-0.1, -0.05) is 47.5 Å². The van der Waals surface area contributed by atoms with Crippen molar-refractivity contribution in [2.75, 3.05) is 0 Å². The van der Waals surface area contributed by atoms with Crippen LogP contribution in [-0.4, -0.2) is 17.6 Å². The number of non-ortho nitro benzene ring substituents is 1. The molecular weight excluding hydrogens is 328 g/mol. The maximum absolute atomic E-state index is 11.0. The Hall–Kier alpha value is -2.06. The number of aromatic nitrogens is 1. The summed E-state index contributed by atoms with van der Waals surface area (Å²) < 4.78 is 1.97. The zero-order chi connectivity index (χ0) is 18.9. The summed E-state index contributed by atoms with van der Waals surface area (Å²) in [6, 6.07) is 7.01. The number of aryl methyl sites for hydroxylation is 1. The van der Waals surface area contributed by atoms with Crippen molar-refractivity contribution in [3.8, 4) is 11.5 Å². The molecule has 0 unspecified atom stereocenters. The molecule has 0 amide bonds. The molecule has 0 saturated heterocycles. The molecule has 0 atom stereocenters. The Morgan fingerprint density at radius 3 is 2.08 bits per heavy atom. The summed E-state index contributed by atoms with van der Waals surface area (Å²) >= 11 is 0. The summed E-state index contributed by atoms with van der Waals surface area (Å²) in [5, 5.41) is 12.0. The standard InChI is InChI=1S/C20H28N2O2Si/c1-14(2)25(15(3)4,16(5)6)11-10-18-12-17-8-9-19(22(23)24)13-20(17)21(18)7/h8-9,12-16H,1-7H3. The van der Waals surface area contributed by atoms with E-state index in [1.54, 1.807) is 18.2 Å². The monoisotopic (exact) mass is 356 g/mol. The minimum Gasteiger partial charge on any atom is -0.337 e. The fraction of sp³-hybridized carbons (Fsp3) is 0.500. The third kappa shape index (κ3) is 3.36. The number of fused-ring (bicyclic) bond motifs is 1. The summed E-state index contributed by atoms with van der Waals surface area (Å²) in [7, 11) is 0.136. The van der Waals surface area contributed by atoms with Crippen LogP contribution in [0.2, 0.25) is 16.6 Å². The topological polar surface area (TPSA) is 48.1 Å². The maximum Gasteiger partial charge on any atom is 0.271 e. The second-order valence-corrected chi connectivity index (χ2v) is 13.3. The van der Waals surface area contributed by atoms with Gasteiger partial charge < -0.3 is 4.57 Å². The number of benzene rings is 1. The van der Waals surface area contributed by atoms with Crippen molar-refractivity contribution >= 4 is 24.7 Å². The maximum atomic E-state index is 11.0. The number of nitro groups is 1.